The number of ketones is 1. The molecular weight excluding hydrogens is 172 g/mol. The van der Waals surface area contributed by atoms with E-state index in [4.69, 9.17) is 0 Å². The summed E-state index contributed by atoms with van der Waals surface area (Å²) in [7, 11) is 0. The van der Waals surface area contributed by atoms with E-state index in [-0.39, 0.29) is 0 Å². The Morgan fingerprint density at radius 2 is 1.64 bits per heavy atom. The van der Waals surface area contributed by atoms with Crippen molar-refractivity contribution in [1.82, 2.24) is 0 Å². The van der Waals surface area contributed by atoms with Gasteiger partial charge in [0.05, 0.1) is 0 Å². The number of rotatable bonds is 0. The van der Waals surface area contributed by atoms with E-state index >= 15 is 0 Å². The lowest BCUT2D eigenvalue weighted by Crippen LogP contribution is -2.28. The van der Waals surface area contributed by atoms with Gasteiger partial charge in [-0.15, -0.1) is 0 Å². The summed E-state index contributed by atoms with van der Waals surface area (Å²) in [6, 6.07) is 0. The zero-order valence-corrected chi connectivity index (χ0v) is 9.51. The summed E-state index contributed by atoms with van der Waals surface area (Å²) in [6.07, 6.45) is 6.39. The van der Waals surface area contributed by atoms with Crippen molar-refractivity contribution in [1.29, 1.82) is 0 Å². The molecule has 2 fully saturated rings. The maximum Gasteiger partial charge on any atom is 0.133 e. The number of Topliss-reactive ketones (excluding diaryl/α,β-unsaturated/α-hetero) is 1. The van der Waals surface area contributed by atoms with Crippen molar-refractivity contribution in [3.63, 3.8) is 0 Å². The molecule has 14 heavy (non-hydrogen) atoms. The molecule has 0 aromatic rings. The highest BCUT2D eigenvalue weighted by molar-refractivity contribution is 5.79. The first-order valence-corrected chi connectivity index (χ1v) is 5.94. The Kier molecular flexibility index (Phi) is 4.37. The monoisotopic (exact) mass is 194 g/mol. The summed E-state index contributed by atoms with van der Waals surface area (Å²) < 4.78 is 0. The molecule has 0 spiro atoms. The fourth-order valence-electron chi connectivity index (χ4n) is 2.61. The highest BCUT2D eigenvalue weighted by atomic mass is 16.1. The van der Waals surface area contributed by atoms with E-state index in [1.165, 1.54) is 18.4 Å². The molecule has 0 N–H and O–H groups in total. The second-order valence-corrected chi connectivity index (χ2v) is 4.29. The molecule has 2 unspecified atom stereocenters. The van der Waals surface area contributed by atoms with Crippen LogP contribution in [0.3, 0.4) is 0 Å². The van der Waals surface area contributed by atoms with Crippen LogP contribution in [0.1, 0.15) is 52.4 Å². The molecule has 0 amide bonds. The van der Waals surface area contributed by atoms with Gasteiger partial charge in [-0.1, -0.05) is 26.0 Å². The van der Waals surface area contributed by atoms with E-state index in [1.807, 2.05) is 13.8 Å². The Balaban J connectivity index is 0.000000461. The lowest BCUT2D eigenvalue weighted by molar-refractivity contribution is -0.123. The summed E-state index contributed by atoms with van der Waals surface area (Å²) >= 11 is 0. The second-order valence-electron chi connectivity index (χ2n) is 4.29. The molecule has 2 rings (SSSR count). The first kappa shape index (κ1) is 11.5. The van der Waals surface area contributed by atoms with Gasteiger partial charge in [0, 0.05) is 12.8 Å². The van der Waals surface area contributed by atoms with Crippen molar-refractivity contribution in [3.05, 3.63) is 12.2 Å². The predicted octanol–water partition coefficient (Wildman–Crippen LogP) is 3.74. The molecule has 80 valence electrons. The van der Waals surface area contributed by atoms with Gasteiger partial charge in [-0.25, -0.2) is 0 Å². The Labute approximate surface area is 87.6 Å². The van der Waals surface area contributed by atoms with Crippen molar-refractivity contribution < 1.29 is 4.79 Å². The lowest BCUT2D eigenvalue weighted by atomic mass is 9.69. The van der Waals surface area contributed by atoms with Gasteiger partial charge >= 0.3 is 0 Å². The van der Waals surface area contributed by atoms with E-state index in [9.17, 15) is 4.79 Å². The zero-order chi connectivity index (χ0) is 10.6. The van der Waals surface area contributed by atoms with Crippen molar-refractivity contribution in [2.75, 3.05) is 0 Å². The third-order valence-corrected chi connectivity index (χ3v) is 3.37. The molecule has 0 radical (unpaired) electrons. The highest BCUT2D eigenvalue weighted by Crippen LogP contribution is 2.40. The number of carbonyl (C=O) groups excluding carboxylic acids is 1. The smallest absolute Gasteiger partial charge is 0.133 e. The molecule has 0 aromatic heterocycles. The van der Waals surface area contributed by atoms with Gasteiger partial charge in [0.25, 0.3) is 0 Å². The van der Waals surface area contributed by atoms with E-state index < -0.39 is 0 Å². The van der Waals surface area contributed by atoms with Gasteiger partial charge in [-0.3, -0.25) is 4.79 Å². The zero-order valence-electron chi connectivity index (χ0n) is 9.51. The summed E-state index contributed by atoms with van der Waals surface area (Å²) in [6.45, 7) is 8.04. The minimum atomic E-state index is 0.490. The van der Waals surface area contributed by atoms with E-state index in [1.54, 1.807) is 0 Å². The molecule has 2 atom stereocenters. The quantitative estimate of drug-likeness (QED) is 0.537. The normalized spacial score (nSPS) is 31.6. The van der Waals surface area contributed by atoms with Gasteiger partial charge in [-0.2, -0.15) is 0 Å². The first-order chi connectivity index (χ1) is 6.75. The molecule has 2 aliphatic rings. The number of hydrogen-bond acceptors (Lipinski definition) is 1. The summed E-state index contributed by atoms with van der Waals surface area (Å²) in [5, 5.41) is 0. The number of allylic oxidation sites excluding steroid dienone is 1. The lowest BCUT2D eigenvalue weighted by Gasteiger charge is -2.35. The van der Waals surface area contributed by atoms with E-state index in [2.05, 4.69) is 6.58 Å². The molecule has 0 aromatic carbocycles. The average Bonchev–Trinajstić information content (AvgIpc) is 2.21. The summed E-state index contributed by atoms with van der Waals surface area (Å²) in [4.78, 5) is 11.2. The molecule has 0 aliphatic heterocycles. The number of carbonyl (C=O) groups is 1. The molecule has 0 bridgehead atoms. The van der Waals surface area contributed by atoms with Crippen LogP contribution in [0.2, 0.25) is 0 Å². The molecule has 2 aliphatic carbocycles. The van der Waals surface area contributed by atoms with Crippen molar-refractivity contribution in [3.8, 4) is 0 Å². The molecular formula is C13H22O. The first-order valence-electron chi connectivity index (χ1n) is 5.94. The van der Waals surface area contributed by atoms with Gasteiger partial charge in [0.2, 0.25) is 0 Å². The van der Waals surface area contributed by atoms with Crippen molar-refractivity contribution in [2.45, 2.75) is 52.4 Å². The predicted molar refractivity (Wildman–Crippen MR) is 60.2 cm³/mol. The summed E-state index contributed by atoms with van der Waals surface area (Å²) in [5.41, 5.74) is 1.41. The number of hydrogen-bond donors (Lipinski definition) is 0. The van der Waals surface area contributed by atoms with Gasteiger partial charge in [0.15, 0.2) is 0 Å². The fourth-order valence-corrected chi connectivity index (χ4v) is 2.61. The van der Waals surface area contributed by atoms with Crippen LogP contribution in [0.5, 0.6) is 0 Å². The second kappa shape index (κ2) is 5.33. The molecule has 1 heteroatoms. The van der Waals surface area contributed by atoms with Crippen LogP contribution in [0.15, 0.2) is 12.2 Å². The molecule has 0 heterocycles. The SMILES string of the molecule is C=C1CCC2CC(=O)CCC2C1.CC. The number of fused-ring (bicyclic) bond motifs is 1. The standard InChI is InChI=1S/C11H16O.C2H6/c1-8-2-3-10-7-11(12)5-4-9(10)6-8;1-2/h9-10H,1-7H2;1-2H3. The van der Waals surface area contributed by atoms with Crippen LogP contribution in [0, 0.1) is 11.8 Å². The van der Waals surface area contributed by atoms with Gasteiger partial charge in [0.1, 0.15) is 5.78 Å². The molecule has 1 nitrogen and oxygen atoms in total. The minimum absolute atomic E-state index is 0.490. The van der Waals surface area contributed by atoms with Crippen LogP contribution in [-0.4, -0.2) is 5.78 Å². The average molecular weight is 194 g/mol. The van der Waals surface area contributed by atoms with Crippen LogP contribution < -0.4 is 0 Å². The van der Waals surface area contributed by atoms with Crippen molar-refractivity contribution in [2.24, 2.45) is 11.8 Å². The van der Waals surface area contributed by atoms with Crippen LogP contribution >= 0.6 is 0 Å². The highest BCUT2D eigenvalue weighted by Gasteiger charge is 2.31. The topological polar surface area (TPSA) is 17.1 Å². The Morgan fingerprint density at radius 1 is 1.07 bits per heavy atom. The van der Waals surface area contributed by atoms with E-state index in [0.717, 1.165) is 31.6 Å². The Bertz CT molecular complexity index is 193. The van der Waals surface area contributed by atoms with Gasteiger partial charge < -0.3 is 0 Å². The van der Waals surface area contributed by atoms with Gasteiger partial charge in [-0.05, 0) is 37.5 Å². The van der Waals surface area contributed by atoms with E-state index in [0.29, 0.717) is 11.7 Å². The minimum Gasteiger partial charge on any atom is -0.300 e. The largest absolute Gasteiger partial charge is 0.300 e. The summed E-state index contributed by atoms with van der Waals surface area (Å²) in [5.74, 6) is 1.99. The molecule has 2 saturated carbocycles. The van der Waals surface area contributed by atoms with Crippen LogP contribution in [0.4, 0.5) is 0 Å². The van der Waals surface area contributed by atoms with Crippen LogP contribution in [-0.2, 0) is 4.79 Å². The van der Waals surface area contributed by atoms with Crippen LogP contribution in [0.25, 0.3) is 0 Å². The fraction of sp³-hybridized carbons (Fsp3) is 0.769. The Morgan fingerprint density at radius 3 is 2.36 bits per heavy atom. The Hall–Kier alpha value is -0.590. The van der Waals surface area contributed by atoms with Crippen molar-refractivity contribution >= 4 is 5.78 Å². The maximum atomic E-state index is 11.2. The third-order valence-electron chi connectivity index (χ3n) is 3.37. The third kappa shape index (κ3) is 2.70. The molecule has 0 saturated heterocycles. The maximum absolute atomic E-state index is 11.2.